The van der Waals surface area contributed by atoms with Gasteiger partial charge in [0.05, 0.1) is 11.0 Å². The fraction of sp³-hybridized carbons (Fsp3) is 0.0811. The van der Waals surface area contributed by atoms with Crippen LogP contribution >= 0.6 is 0 Å². The smallest absolute Gasteiger partial charge is 0.0541 e. The van der Waals surface area contributed by atoms with E-state index in [0.29, 0.717) is 5.92 Å². The Kier molecular flexibility index (Phi) is 5.67. The van der Waals surface area contributed by atoms with E-state index in [9.17, 15) is 0 Å². The predicted octanol–water partition coefficient (Wildman–Crippen LogP) is 9.75. The first-order valence-corrected chi connectivity index (χ1v) is 13.6. The molecule has 0 saturated carbocycles. The molecule has 2 heterocycles. The molecule has 1 atom stereocenters. The Hall–Kier alpha value is -4.82. The second-order valence-corrected chi connectivity index (χ2v) is 10.3. The van der Waals surface area contributed by atoms with Gasteiger partial charge in [-0.25, -0.2) is 0 Å². The standard InChI is InChI=1S/C37H30N2/c1-3-4-14-34-26(2)31-11-5-8-15-35(31)38(34)29-22-18-27(19-23-29)28-20-24-30(25-21-28)39-36-16-9-6-12-32(36)33-13-7-10-17-37(33)39/h3-10,12-25,31H,1,11H2,2H3/b14-4-. The summed E-state index contributed by atoms with van der Waals surface area (Å²) in [6.45, 7) is 6.13. The third-order valence-electron chi connectivity index (χ3n) is 8.11. The maximum absolute atomic E-state index is 3.88. The summed E-state index contributed by atoms with van der Waals surface area (Å²) in [5.74, 6) is 0.438. The molecule has 7 rings (SSSR count). The van der Waals surface area contributed by atoms with E-state index in [0.717, 1.165) is 6.42 Å². The fourth-order valence-electron chi connectivity index (χ4n) is 6.20. The maximum Gasteiger partial charge on any atom is 0.0541 e. The lowest BCUT2D eigenvalue weighted by molar-refractivity contribution is 0.734. The van der Waals surface area contributed by atoms with Crippen molar-refractivity contribution < 1.29 is 0 Å². The number of para-hydroxylation sites is 2. The Balaban J connectivity index is 1.23. The molecule has 0 fully saturated rings. The first-order chi connectivity index (χ1) is 19.2. The SMILES string of the molecule is C=C/C=C\C1=C(C)C2CC=CC=C2N1c1ccc(-c2ccc(-n3c4ccccc4c4ccccc43)cc2)cc1. The van der Waals surface area contributed by atoms with Crippen LogP contribution in [0.15, 0.2) is 157 Å². The van der Waals surface area contributed by atoms with E-state index in [2.05, 4.69) is 144 Å². The van der Waals surface area contributed by atoms with E-state index in [1.807, 2.05) is 12.2 Å². The van der Waals surface area contributed by atoms with Gasteiger partial charge in [0.25, 0.3) is 0 Å². The van der Waals surface area contributed by atoms with Crippen LogP contribution in [-0.4, -0.2) is 4.57 Å². The Labute approximate surface area is 229 Å². The minimum atomic E-state index is 0.438. The van der Waals surface area contributed by atoms with Gasteiger partial charge >= 0.3 is 0 Å². The summed E-state index contributed by atoms with van der Waals surface area (Å²) >= 11 is 0. The van der Waals surface area contributed by atoms with Crippen LogP contribution in [0.4, 0.5) is 5.69 Å². The third kappa shape index (κ3) is 3.80. The zero-order valence-electron chi connectivity index (χ0n) is 22.1. The van der Waals surface area contributed by atoms with Gasteiger partial charge in [0, 0.05) is 39.5 Å². The number of benzene rings is 4. The molecular weight excluding hydrogens is 472 g/mol. The zero-order chi connectivity index (χ0) is 26.3. The normalized spacial score (nSPS) is 16.9. The van der Waals surface area contributed by atoms with E-state index >= 15 is 0 Å². The average molecular weight is 503 g/mol. The van der Waals surface area contributed by atoms with E-state index in [1.165, 1.54) is 61.3 Å². The van der Waals surface area contributed by atoms with Crippen LogP contribution in [0.25, 0.3) is 38.6 Å². The highest BCUT2D eigenvalue weighted by Crippen LogP contribution is 2.44. The van der Waals surface area contributed by atoms with Crippen molar-refractivity contribution in [3.05, 3.63) is 157 Å². The Morgan fingerprint density at radius 1 is 0.744 bits per heavy atom. The largest absolute Gasteiger partial charge is 0.314 e. The molecule has 0 N–H and O–H groups in total. The molecule has 0 saturated heterocycles. The molecule has 2 heteroatoms. The lowest BCUT2D eigenvalue weighted by atomic mass is 9.92. The van der Waals surface area contributed by atoms with Crippen molar-refractivity contribution in [3.63, 3.8) is 0 Å². The molecule has 2 aliphatic rings. The Bertz CT molecular complexity index is 1790. The summed E-state index contributed by atoms with van der Waals surface area (Å²) in [5.41, 5.74) is 11.3. The Morgan fingerprint density at radius 3 is 1.95 bits per heavy atom. The van der Waals surface area contributed by atoms with Gasteiger partial charge in [0.15, 0.2) is 0 Å². The number of hydrogen-bond acceptors (Lipinski definition) is 1. The average Bonchev–Trinajstić information content (AvgIpc) is 3.48. The summed E-state index contributed by atoms with van der Waals surface area (Å²) in [7, 11) is 0. The maximum atomic E-state index is 3.88. The molecule has 188 valence electrons. The predicted molar refractivity (Wildman–Crippen MR) is 166 cm³/mol. The molecule has 0 spiro atoms. The van der Waals surface area contributed by atoms with Crippen molar-refractivity contribution in [2.75, 3.05) is 4.90 Å². The topological polar surface area (TPSA) is 8.17 Å². The third-order valence-corrected chi connectivity index (χ3v) is 8.11. The highest BCUT2D eigenvalue weighted by molar-refractivity contribution is 6.09. The van der Waals surface area contributed by atoms with E-state index in [1.54, 1.807) is 0 Å². The molecule has 1 unspecified atom stereocenters. The van der Waals surface area contributed by atoms with Crippen molar-refractivity contribution >= 4 is 27.5 Å². The molecule has 39 heavy (non-hydrogen) atoms. The van der Waals surface area contributed by atoms with Gasteiger partial charge in [-0.2, -0.15) is 0 Å². The summed E-state index contributed by atoms with van der Waals surface area (Å²) in [6, 6.07) is 35.2. The number of anilines is 1. The van der Waals surface area contributed by atoms with Gasteiger partial charge in [0.2, 0.25) is 0 Å². The van der Waals surface area contributed by atoms with Crippen molar-refractivity contribution in [3.8, 4) is 16.8 Å². The number of allylic oxidation sites excluding steroid dienone is 7. The zero-order valence-corrected chi connectivity index (χ0v) is 22.1. The summed E-state index contributed by atoms with van der Waals surface area (Å²) in [5, 5.41) is 2.57. The molecule has 0 amide bonds. The van der Waals surface area contributed by atoms with Gasteiger partial charge < -0.3 is 9.47 Å². The van der Waals surface area contributed by atoms with Crippen LogP contribution in [0.1, 0.15) is 13.3 Å². The Morgan fingerprint density at radius 2 is 1.33 bits per heavy atom. The van der Waals surface area contributed by atoms with Crippen molar-refractivity contribution in [1.29, 1.82) is 0 Å². The highest BCUT2D eigenvalue weighted by atomic mass is 15.2. The minimum Gasteiger partial charge on any atom is -0.314 e. The van der Waals surface area contributed by atoms with Crippen LogP contribution in [0, 0.1) is 5.92 Å². The van der Waals surface area contributed by atoms with Crippen molar-refractivity contribution in [1.82, 2.24) is 4.57 Å². The van der Waals surface area contributed by atoms with E-state index < -0.39 is 0 Å². The lowest BCUT2D eigenvalue weighted by Gasteiger charge is -2.26. The number of aromatic nitrogens is 1. The summed E-state index contributed by atoms with van der Waals surface area (Å²) in [4.78, 5) is 2.40. The van der Waals surface area contributed by atoms with E-state index in [-0.39, 0.29) is 0 Å². The minimum absolute atomic E-state index is 0.438. The van der Waals surface area contributed by atoms with Gasteiger partial charge in [0.1, 0.15) is 0 Å². The molecule has 2 nitrogen and oxygen atoms in total. The van der Waals surface area contributed by atoms with Crippen molar-refractivity contribution in [2.45, 2.75) is 13.3 Å². The van der Waals surface area contributed by atoms with Gasteiger partial charge in [-0.05, 0) is 78.6 Å². The highest BCUT2D eigenvalue weighted by Gasteiger charge is 2.33. The van der Waals surface area contributed by atoms with Gasteiger partial charge in [-0.15, -0.1) is 0 Å². The first kappa shape index (κ1) is 23.3. The van der Waals surface area contributed by atoms with E-state index in [4.69, 9.17) is 0 Å². The first-order valence-electron chi connectivity index (χ1n) is 13.6. The fourth-order valence-corrected chi connectivity index (χ4v) is 6.20. The molecule has 0 radical (unpaired) electrons. The molecule has 4 aromatic carbocycles. The molecular formula is C37H30N2. The number of rotatable bonds is 5. The van der Waals surface area contributed by atoms with Gasteiger partial charge in [-0.3, -0.25) is 0 Å². The quantitative estimate of drug-likeness (QED) is 0.217. The van der Waals surface area contributed by atoms with Crippen LogP contribution in [0.5, 0.6) is 0 Å². The number of hydrogen-bond donors (Lipinski definition) is 0. The molecule has 1 aliphatic carbocycles. The molecule has 0 bridgehead atoms. The van der Waals surface area contributed by atoms with Crippen LogP contribution in [-0.2, 0) is 0 Å². The van der Waals surface area contributed by atoms with Crippen LogP contribution in [0.3, 0.4) is 0 Å². The van der Waals surface area contributed by atoms with Gasteiger partial charge in [-0.1, -0.05) is 91.5 Å². The lowest BCUT2D eigenvalue weighted by Crippen LogP contribution is -2.19. The second kappa shape index (κ2) is 9.49. The van der Waals surface area contributed by atoms with Crippen molar-refractivity contribution in [2.24, 2.45) is 5.92 Å². The number of fused-ring (bicyclic) bond motifs is 4. The summed E-state index contributed by atoms with van der Waals surface area (Å²) in [6.07, 6.45) is 13.8. The molecule has 5 aromatic rings. The number of nitrogens with zero attached hydrogens (tertiary/aromatic N) is 2. The second-order valence-electron chi connectivity index (χ2n) is 10.3. The monoisotopic (exact) mass is 502 g/mol. The molecule has 1 aliphatic heterocycles. The van der Waals surface area contributed by atoms with Crippen LogP contribution in [0.2, 0.25) is 0 Å². The summed E-state index contributed by atoms with van der Waals surface area (Å²) < 4.78 is 2.36. The molecule has 1 aromatic heterocycles. The van der Waals surface area contributed by atoms with Crippen LogP contribution < -0.4 is 4.90 Å².